The number of alkyl halides is 1. The minimum Gasteiger partial charge on any atom is -0.461 e. The van der Waals surface area contributed by atoms with Gasteiger partial charge in [-0.05, 0) is 26.7 Å². The molecule has 0 bridgehead atoms. The van der Waals surface area contributed by atoms with E-state index in [1.165, 1.54) is 0 Å². The first kappa shape index (κ1) is 11.7. The van der Waals surface area contributed by atoms with Gasteiger partial charge in [0, 0.05) is 22.6 Å². The molecule has 4 nitrogen and oxygen atoms in total. The normalized spacial score (nSPS) is 36.8. The number of aromatic nitrogens is 2. The Morgan fingerprint density at radius 3 is 3.00 bits per heavy atom. The van der Waals surface area contributed by atoms with Gasteiger partial charge >= 0.3 is 5.97 Å². The van der Waals surface area contributed by atoms with Gasteiger partial charge in [-0.15, -0.1) is 0 Å². The van der Waals surface area contributed by atoms with Crippen molar-refractivity contribution in [3.8, 4) is 0 Å². The number of ether oxygens (including phenoxy) is 1. The van der Waals surface area contributed by atoms with Crippen LogP contribution in [0.4, 0.5) is 4.39 Å². The van der Waals surface area contributed by atoms with Crippen LogP contribution in [0.15, 0.2) is 0 Å². The molecule has 0 saturated heterocycles. The van der Waals surface area contributed by atoms with Crippen LogP contribution in [0, 0.1) is 11.3 Å². The number of halogens is 1. The highest BCUT2D eigenvalue weighted by Gasteiger charge is 2.73. The SMILES string of the molecule is CCOC(=O)c1n[nH]c2c1CC1C(C)(C2)[C@]1(C)F. The van der Waals surface area contributed by atoms with E-state index in [0.717, 1.165) is 11.3 Å². The van der Waals surface area contributed by atoms with Gasteiger partial charge in [-0.25, -0.2) is 9.18 Å². The third kappa shape index (κ3) is 1.25. The van der Waals surface area contributed by atoms with E-state index in [9.17, 15) is 9.18 Å². The minimum absolute atomic E-state index is 0.0109. The number of H-pyrrole nitrogens is 1. The van der Waals surface area contributed by atoms with Crippen LogP contribution in [-0.4, -0.2) is 28.4 Å². The van der Waals surface area contributed by atoms with Crippen molar-refractivity contribution in [3.63, 3.8) is 0 Å². The van der Waals surface area contributed by atoms with Crippen molar-refractivity contribution in [2.45, 2.75) is 39.3 Å². The van der Waals surface area contributed by atoms with Crippen LogP contribution in [0.5, 0.6) is 0 Å². The number of aromatic amines is 1. The molecule has 1 heterocycles. The number of nitrogens with one attached hydrogen (secondary N) is 1. The lowest BCUT2D eigenvalue weighted by Crippen LogP contribution is -2.16. The lowest BCUT2D eigenvalue weighted by Gasteiger charge is -2.16. The van der Waals surface area contributed by atoms with Crippen molar-refractivity contribution < 1.29 is 13.9 Å². The maximum Gasteiger partial charge on any atom is 0.359 e. The molecule has 0 radical (unpaired) electrons. The van der Waals surface area contributed by atoms with Gasteiger partial charge in [0.25, 0.3) is 0 Å². The van der Waals surface area contributed by atoms with Crippen LogP contribution >= 0.6 is 0 Å². The van der Waals surface area contributed by atoms with Crippen molar-refractivity contribution in [1.29, 1.82) is 0 Å². The van der Waals surface area contributed by atoms with Gasteiger partial charge < -0.3 is 4.74 Å². The Kier molecular flexibility index (Phi) is 2.17. The first-order valence-corrected chi connectivity index (χ1v) is 6.34. The molecular weight excluding hydrogens is 235 g/mol. The first-order valence-electron chi connectivity index (χ1n) is 6.34. The van der Waals surface area contributed by atoms with Crippen LogP contribution in [-0.2, 0) is 17.6 Å². The molecule has 0 aromatic carbocycles. The zero-order valence-electron chi connectivity index (χ0n) is 10.8. The summed E-state index contributed by atoms with van der Waals surface area (Å²) in [5.41, 5.74) is 0.615. The van der Waals surface area contributed by atoms with Crippen LogP contribution in [0.2, 0.25) is 0 Å². The second-order valence-corrected chi connectivity index (χ2v) is 5.68. The number of carbonyl (C=O) groups is 1. The molecule has 0 amide bonds. The third-order valence-corrected chi connectivity index (χ3v) is 4.83. The molecule has 2 aliphatic rings. The van der Waals surface area contributed by atoms with Gasteiger partial charge in [-0.1, -0.05) is 6.92 Å². The fraction of sp³-hybridized carbons (Fsp3) is 0.692. The molecule has 18 heavy (non-hydrogen) atoms. The van der Waals surface area contributed by atoms with Gasteiger partial charge in [0.05, 0.1) is 6.61 Å². The average molecular weight is 252 g/mol. The van der Waals surface area contributed by atoms with E-state index in [1.54, 1.807) is 13.8 Å². The predicted molar refractivity (Wildman–Crippen MR) is 63.1 cm³/mol. The number of hydrogen-bond donors (Lipinski definition) is 1. The summed E-state index contributed by atoms with van der Waals surface area (Å²) >= 11 is 0. The average Bonchev–Trinajstić information content (AvgIpc) is 2.63. The Balaban J connectivity index is 1.93. The molecule has 1 N–H and O–H groups in total. The molecule has 3 rings (SSSR count). The number of rotatable bonds is 2. The van der Waals surface area contributed by atoms with Gasteiger partial charge in [0.1, 0.15) is 5.67 Å². The number of nitrogens with zero attached hydrogens (tertiary/aromatic N) is 1. The van der Waals surface area contributed by atoms with Crippen LogP contribution in [0.1, 0.15) is 42.5 Å². The van der Waals surface area contributed by atoms with Crippen LogP contribution in [0.3, 0.4) is 0 Å². The van der Waals surface area contributed by atoms with Crippen molar-refractivity contribution in [1.82, 2.24) is 10.2 Å². The molecular formula is C13H17FN2O2. The Labute approximate surface area is 105 Å². The second-order valence-electron chi connectivity index (χ2n) is 5.68. The number of fused-ring (bicyclic) bond motifs is 2. The Morgan fingerprint density at radius 1 is 1.61 bits per heavy atom. The summed E-state index contributed by atoms with van der Waals surface area (Å²) in [6, 6.07) is 0. The molecule has 0 spiro atoms. The molecule has 2 unspecified atom stereocenters. The van der Waals surface area contributed by atoms with Crippen molar-refractivity contribution in [2.24, 2.45) is 11.3 Å². The molecule has 1 aromatic heterocycles. The molecule has 1 fully saturated rings. The third-order valence-electron chi connectivity index (χ3n) is 4.83. The van der Waals surface area contributed by atoms with Gasteiger partial charge in [-0.3, -0.25) is 5.10 Å². The van der Waals surface area contributed by atoms with Crippen LogP contribution < -0.4 is 0 Å². The molecule has 98 valence electrons. The first-order chi connectivity index (χ1) is 8.41. The molecule has 0 aliphatic heterocycles. The molecule has 2 aliphatic carbocycles. The summed E-state index contributed by atoms with van der Waals surface area (Å²) in [5, 5.41) is 6.90. The summed E-state index contributed by atoms with van der Waals surface area (Å²) < 4.78 is 19.3. The lowest BCUT2D eigenvalue weighted by atomic mass is 9.87. The summed E-state index contributed by atoms with van der Waals surface area (Å²) in [7, 11) is 0. The standard InChI is InChI=1S/C13H17FN2O2/c1-4-18-11(17)10-7-5-9-12(2,13(9,3)14)6-8(7)15-16-10/h9H,4-6H2,1-3H3,(H,15,16)/t9?,12?,13-/m1/s1. The Morgan fingerprint density at radius 2 is 2.33 bits per heavy atom. The van der Waals surface area contributed by atoms with Gasteiger partial charge in [-0.2, -0.15) is 5.10 Å². The maximum absolute atomic E-state index is 14.3. The lowest BCUT2D eigenvalue weighted by molar-refractivity contribution is 0.0517. The predicted octanol–water partition coefficient (Wildman–Crippen LogP) is 2.05. The van der Waals surface area contributed by atoms with E-state index in [0.29, 0.717) is 25.1 Å². The molecule has 3 atom stereocenters. The summed E-state index contributed by atoms with van der Waals surface area (Å²) in [6.07, 6.45) is 1.19. The van der Waals surface area contributed by atoms with E-state index in [4.69, 9.17) is 4.74 Å². The highest BCUT2D eigenvalue weighted by molar-refractivity contribution is 5.89. The minimum atomic E-state index is -1.14. The van der Waals surface area contributed by atoms with Crippen LogP contribution in [0.25, 0.3) is 0 Å². The highest BCUT2D eigenvalue weighted by atomic mass is 19.1. The van der Waals surface area contributed by atoms with E-state index in [1.807, 2.05) is 6.92 Å². The van der Waals surface area contributed by atoms with Crippen molar-refractivity contribution in [2.75, 3.05) is 6.61 Å². The maximum atomic E-state index is 14.3. The van der Waals surface area contributed by atoms with E-state index in [2.05, 4.69) is 10.2 Å². The van der Waals surface area contributed by atoms with E-state index in [-0.39, 0.29) is 11.3 Å². The quantitative estimate of drug-likeness (QED) is 0.819. The number of hydrogen-bond acceptors (Lipinski definition) is 3. The zero-order valence-corrected chi connectivity index (χ0v) is 10.8. The second kappa shape index (κ2) is 3.33. The topological polar surface area (TPSA) is 55.0 Å². The summed E-state index contributed by atoms with van der Waals surface area (Å²) in [5.74, 6) is -0.428. The summed E-state index contributed by atoms with van der Waals surface area (Å²) in [4.78, 5) is 11.7. The Bertz CT molecular complexity index is 523. The largest absolute Gasteiger partial charge is 0.461 e. The van der Waals surface area contributed by atoms with Gasteiger partial charge in [0.2, 0.25) is 0 Å². The molecule has 1 saturated carbocycles. The van der Waals surface area contributed by atoms with Crippen molar-refractivity contribution >= 4 is 5.97 Å². The highest BCUT2D eigenvalue weighted by Crippen LogP contribution is 2.69. The smallest absolute Gasteiger partial charge is 0.359 e. The van der Waals surface area contributed by atoms with E-state index < -0.39 is 11.6 Å². The fourth-order valence-corrected chi connectivity index (χ4v) is 3.36. The number of carbonyl (C=O) groups excluding carboxylic acids is 1. The number of esters is 1. The molecule has 1 aromatic rings. The Hall–Kier alpha value is -1.39. The zero-order chi connectivity index (χ0) is 13.1. The monoisotopic (exact) mass is 252 g/mol. The molecule has 5 heteroatoms. The van der Waals surface area contributed by atoms with Gasteiger partial charge in [0.15, 0.2) is 5.69 Å². The van der Waals surface area contributed by atoms with E-state index >= 15 is 0 Å². The van der Waals surface area contributed by atoms with Crippen molar-refractivity contribution in [3.05, 3.63) is 17.0 Å². The summed E-state index contributed by atoms with van der Waals surface area (Å²) in [6.45, 7) is 5.70. The fourth-order valence-electron chi connectivity index (χ4n) is 3.36.